The number of carbonyl (C=O) groups excluding carboxylic acids is 1. The summed E-state index contributed by atoms with van der Waals surface area (Å²) in [5, 5.41) is 3.29. The molecule has 0 unspecified atom stereocenters. The van der Waals surface area contributed by atoms with E-state index in [9.17, 15) is 4.79 Å². The molecule has 0 radical (unpaired) electrons. The van der Waals surface area contributed by atoms with Crippen LogP contribution in [0.3, 0.4) is 0 Å². The molecule has 1 aromatic rings. The van der Waals surface area contributed by atoms with Crippen molar-refractivity contribution in [1.82, 2.24) is 5.32 Å². The predicted octanol–water partition coefficient (Wildman–Crippen LogP) is 2.86. The standard InChI is InChI=1S/C16H25NO3S/c1-16(2,3)20-15(18)12-21-14-7-5-13(6-8-14)11-17-9-10-19-4/h5-8,17H,9-12H2,1-4H3. The fourth-order valence-electron chi connectivity index (χ4n) is 1.62. The van der Waals surface area contributed by atoms with E-state index >= 15 is 0 Å². The van der Waals surface area contributed by atoms with Crippen LogP contribution in [0.5, 0.6) is 0 Å². The molecular weight excluding hydrogens is 286 g/mol. The van der Waals surface area contributed by atoms with Gasteiger partial charge in [0, 0.05) is 25.1 Å². The molecule has 5 heteroatoms. The van der Waals surface area contributed by atoms with Gasteiger partial charge in [-0.3, -0.25) is 4.79 Å². The number of methoxy groups -OCH3 is 1. The number of hydrogen-bond acceptors (Lipinski definition) is 5. The van der Waals surface area contributed by atoms with Crippen molar-refractivity contribution in [2.24, 2.45) is 0 Å². The first-order valence-corrected chi connectivity index (χ1v) is 8.02. The van der Waals surface area contributed by atoms with Gasteiger partial charge in [0.2, 0.25) is 0 Å². The van der Waals surface area contributed by atoms with Crippen LogP contribution in [-0.2, 0) is 20.8 Å². The smallest absolute Gasteiger partial charge is 0.316 e. The van der Waals surface area contributed by atoms with E-state index < -0.39 is 5.60 Å². The number of rotatable bonds is 8. The Bertz CT molecular complexity index is 426. The Morgan fingerprint density at radius 3 is 2.48 bits per heavy atom. The van der Waals surface area contributed by atoms with Gasteiger partial charge in [-0.05, 0) is 38.5 Å². The molecule has 1 aromatic carbocycles. The van der Waals surface area contributed by atoms with Crippen LogP contribution in [0.4, 0.5) is 0 Å². The molecule has 0 bridgehead atoms. The number of ether oxygens (including phenoxy) is 2. The van der Waals surface area contributed by atoms with Gasteiger partial charge in [0.25, 0.3) is 0 Å². The minimum absolute atomic E-state index is 0.183. The minimum atomic E-state index is -0.421. The lowest BCUT2D eigenvalue weighted by atomic mass is 10.2. The van der Waals surface area contributed by atoms with Crippen molar-refractivity contribution in [3.05, 3.63) is 29.8 Å². The van der Waals surface area contributed by atoms with Crippen LogP contribution < -0.4 is 5.32 Å². The van der Waals surface area contributed by atoms with Crippen LogP contribution in [0.2, 0.25) is 0 Å². The number of esters is 1. The first-order chi connectivity index (χ1) is 9.90. The maximum Gasteiger partial charge on any atom is 0.316 e. The molecule has 0 aromatic heterocycles. The van der Waals surface area contributed by atoms with E-state index in [0.717, 1.165) is 18.0 Å². The zero-order valence-electron chi connectivity index (χ0n) is 13.3. The van der Waals surface area contributed by atoms with Crippen LogP contribution in [0.1, 0.15) is 26.3 Å². The lowest BCUT2D eigenvalue weighted by Gasteiger charge is -2.19. The summed E-state index contributed by atoms with van der Waals surface area (Å²) in [6.45, 7) is 8.00. The van der Waals surface area contributed by atoms with Crippen molar-refractivity contribution in [3.63, 3.8) is 0 Å². The van der Waals surface area contributed by atoms with Crippen LogP contribution in [0.25, 0.3) is 0 Å². The number of benzene rings is 1. The molecule has 0 atom stereocenters. The molecule has 21 heavy (non-hydrogen) atoms. The quantitative estimate of drug-likeness (QED) is 0.454. The van der Waals surface area contributed by atoms with Gasteiger partial charge in [0.15, 0.2) is 0 Å². The predicted molar refractivity (Wildman–Crippen MR) is 86.6 cm³/mol. The van der Waals surface area contributed by atoms with E-state index in [0.29, 0.717) is 12.4 Å². The lowest BCUT2D eigenvalue weighted by molar-refractivity contribution is -0.151. The van der Waals surface area contributed by atoms with Gasteiger partial charge in [-0.25, -0.2) is 0 Å². The van der Waals surface area contributed by atoms with E-state index in [1.54, 1.807) is 7.11 Å². The highest BCUT2D eigenvalue weighted by Crippen LogP contribution is 2.19. The Balaban J connectivity index is 2.32. The fraction of sp³-hybridized carbons (Fsp3) is 0.562. The third-order valence-corrected chi connectivity index (χ3v) is 3.50. The average Bonchev–Trinajstić information content (AvgIpc) is 2.41. The molecule has 0 amide bonds. The fourth-order valence-corrected chi connectivity index (χ4v) is 2.30. The summed E-state index contributed by atoms with van der Waals surface area (Å²) in [5.41, 5.74) is 0.794. The molecular formula is C16H25NO3S. The molecule has 118 valence electrons. The van der Waals surface area contributed by atoms with Gasteiger partial charge < -0.3 is 14.8 Å². The number of thioether (sulfide) groups is 1. The Labute approximate surface area is 131 Å². The molecule has 0 saturated carbocycles. The van der Waals surface area contributed by atoms with Gasteiger partial charge in [-0.2, -0.15) is 0 Å². The SMILES string of the molecule is COCCNCc1ccc(SCC(=O)OC(C)(C)C)cc1. The summed E-state index contributed by atoms with van der Waals surface area (Å²) in [7, 11) is 1.69. The largest absolute Gasteiger partial charge is 0.459 e. The maximum atomic E-state index is 11.6. The van der Waals surface area contributed by atoms with Crippen LogP contribution in [-0.4, -0.2) is 37.6 Å². The molecule has 0 spiro atoms. The zero-order valence-corrected chi connectivity index (χ0v) is 14.1. The molecule has 1 N–H and O–H groups in total. The molecule has 0 aliphatic heterocycles. The van der Waals surface area contributed by atoms with Gasteiger partial charge in [0.05, 0.1) is 12.4 Å². The number of carbonyl (C=O) groups is 1. The summed E-state index contributed by atoms with van der Waals surface area (Å²) >= 11 is 1.49. The third kappa shape index (κ3) is 8.75. The number of hydrogen-bond donors (Lipinski definition) is 1. The van der Waals surface area contributed by atoms with Crippen molar-refractivity contribution in [2.75, 3.05) is 26.0 Å². The highest BCUT2D eigenvalue weighted by molar-refractivity contribution is 8.00. The lowest BCUT2D eigenvalue weighted by Crippen LogP contribution is -2.24. The summed E-state index contributed by atoms with van der Waals surface area (Å²) in [5.74, 6) is 0.153. The third-order valence-electron chi connectivity index (χ3n) is 2.51. The molecule has 0 aliphatic rings. The Kier molecular flexibility index (Phi) is 7.78. The minimum Gasteiger partial charge on any atom is -0.459 e. The van der Waals surface area contributed by atoms with Gasteiger partial charge >= 0.3 is 5.97 Å². The van der Waals surface area contributed by atoms with E-state index in [4.69, 9.17) is 9.47 Å². The highest BCUT2D eigenvalue weighted by atomic mass is 32.2. The monoisotopic (exact) mass is 311 g/mol. The molecule has 4 nitrogen and oxygen atoms in total. The maximum absolute atomic E-state index is 11.6. The van der Waals surface area contributed by atoms with E-state index in [-0.39, 0.29) is 5.97 Å². The molecule has 0 saturated heterocycles. The Morgan fingerprint density at radius 2 is 1.90 bits per heavy atom. The average molecular weight is 311 g/mol. The second-order valence-electron chi connectivity index (χ2n) is 5.69. The molecule has 0 aliphatic carbocycles. The van der Waals surface area contributed by atoms with Crippen molar-refractivity contribution in [2.45, 2.75) is 37.8 Å². The van der Waals surface area contributed by atoms with Gasteiger partial charge in [-0.1, -0.05) is 12.1 Å². The second-order valence-corrected chi connectivity index (χ2v) is 6.74. The Hall–Kier alpha value is -1.04. The summed E-state index contributed by atoms with van der Waals surface area (Å²) < 4.78 is 10.3. The van der Waals surface area contributed by atoms with Crippen molar-refractivity contribution >= 4 is 17.7 Å². The first kappa shape index (κ1) is 18.0. The van der Waals surface area contributed by atoms with Crippen molar-refractivity contribution in [1.29, 1.82) is 0 Å². The zero-order chi connectivity index (χ0) is 15.7. The topological polar surface area (TPSA) is 47.6 Å². The number of nitrogens with one attached hydrogen (secondary N) is 1. The summed E-state index contributed by atoms with van der Waals surface area (Å²) in [6.07, 6.45) is 0. The van der Waals surface area contributed by atoms with Crippen molar-refractivity contribution in [3.8, 4) is 0 Å². The molecule has 0 heterocycles. The molecule has 1 rings (SSSR count). The second kappa shape index (κ2) is 9.07. The summed E-state index contributed by atoms with van der Waals surface area (Å²) in [4.78, 5) is 12.7. The van der Waals surface area contributed by atoms with Crippen LogP contribution in [0, 0.1) is 0 Å². The first-order valence-electron chi connectivity index (χ1n) is 7.04. The van der Waals surface area contributed by atoms with Crippen molar-refractivity contribution < 1.29 is 14.3 Å². The van der Waals surface area contributed by atoms with Gasteiger partial charge in [0.1, 0.15) is 5.60 Å². The van der Waals surface area contributed by atoms with E-state index in [1.807, 2.05) is 32.9 Å². The van der Waals surface area contributed by atoms with Crippen LogP contribution in [0.15, 0.2) is 29.2 Å². The van der Waals surface area contributed by atoms with E-state index in [2.05, 4.69) is 17.4 Å². The summed E-state index contributed by atoms with van der Waals surface area (Å²) in [6, 6.07) is 8.19. The van der Waals surface area contributed by atoms with Gasteiger partial charge in [-0.15, -0.1) is 11.8 Å². The van der Waals surface area contributed by atoms with Crippen LogP contribution >= 0.6 is 11.8 Å². The normalized spacial score (nSPS) is 11.4. The molecule has 0 fully saturated rings. The Morgan fingerprint density at radius 1 is 1.24 bits per heavy atom. The highest BCUT2D eigenvalue weighted by Gasteiger charge is 2.16. The van der Waals surface area contributed by atoms with E-state index in [1.165, 1.54) is 17.3 Å².